The van der Waals surface area contributed by atoms with Crippen molar-refractivity contribution in [1.82, 2.24) is 0 Å². The number of hydrogen-bond donors (Lipinski definition) is 0. The van der Waals surface area contributed by atoms with Gasteiger partial charge < -0.3 is 0 Å². The van der Waals surface area contributed by atoms with Gasteiger partial charge in [-0.15, -0.1) is 0 Å². The molecule has 0 bridgehead atoms. The van der Waals surface area contributed by atoms with Crippen LogP contribution in [0.5, 0.6) is 0 Å². The van der Waals surface area contributed by atoms with Gasteiger partial charge in [-0.25, -0.2) is 4.39 Å². The van der Waals surface area contributed by atoms with E-state index in [1.165, 1.54) is 6.07 Å². The minimum Gasteiger partial charge on any atom is -0.299 e. The van der Waals surface area contributed by atoms with E-state index in [0.29, 0.717) is 5.56 Å². The highest BCUT2D eigenvalue weighted by Gasteiger charge is 2.14. The Morgan fingerprint density at radius 3 is 2.81 bits per heavy atom. The van der Waals surface area contributed by atoms with Crippen molar-refractivity contribution in [1.29, 1.82) is 0 Å². The molecule has 0 amide bonds. The normalized spacial score (nSPS) is 12.5. The van der Waals surface area contributed by atoms with Crippen LogP contribution in [-0.4, -0.2) is 5.78 Å². The van der Waals surface area contributed by atoms with Crippen molar-refractivity contribution < 1.29 is 9.18 Å². The van der Waals surface area contributed by atoms with Crippen LogP contribution in [0, 0.1) is 11.7 Å². The van der Waals surface area contributed by atoms with Gasteiger partial charge in [0, 0.05) is 16.8 Å². The van der Waals surface area contributed by atoms with Crippen LogP contribution in [0.4, 0.5) is 4.39 Å². The maximum absolute atomic E-state index is 13.4. The average molecular weight is 287 g/mol. The Morgan fingerprint density at radius 2 is 2.19 bits per heavy atom. The third kappa shape index (κ3) is 3.71. The summed E-state index contributed by atoms with van der Waals surface area (Å²) >= 11 is 3.28. The summed E-state index contributed by atoms with van der Waals surface area (Å²) in [6.45, 7) is 3.95. The first-order valence-corrected chi connectivity index (χ1v) is 6.30. The minimum absolute atomic E-state index is 0.0170. The summed E-state index contributed by atoms with van der Waals surface area (Å²) in [7, 11) is 0. The molecule has 1 rings (SSSR count). The van der Waals surface area contributed by atoms with E-state index in [1.54, 1.807) is 12.1 Å². The van der Waals surface area contributed by atoms with Crippen molar-refractivity contribution in [3.8, 4) is 0 Å². The molecular weight excluding hydrogens is 271 g/mol. The molecule has 0 saturated heterocycles. The molecule has 16 heavy (non-hydrogen) atoms. The third-order valence-electron chi connectivity index (χ3n) is 2.64. The van der Waals surface area contributed by atoms with E-state index in [-0.39, 0.29) is 23.9 Å². The molecule has 0 aliphatic carbocycles. The van der Waals surface area contributed by atoms with Gasteiger partial charge in [0.05, 0.1) is 0 Å². The SMILES string of the molecule is CCCC(C)C(=O)Cc1cc(Br)ccc1F. The second kappa shape index (κ2) is 6.14. The maximum atomic E-state index is 13.4. The minimum atomic E-state index is -0.305. The average Bonchev–Trinajstić information content (AvgIpc) is 2.23. The molecule has 0 aliphatic heterocycles. The zero-order valence-corrected chi connectivity index (χ0v) is 11.2. The monoisotopic (exact) mass is 286 g/mol. The van der Waals surface area contributed by atoms with Gasteiger partial charge >= 0.3 is 0 Å². The molecule has 1 aromatic carbocycles. The lowest BCUT2D eigenvalue weighted by atomic mass is 9.95. The van der Waals surface area contributed by atoms with Crippen molar-refractivity contribution in [2.45, 2.75) is 33.1 Å². The Morgan fingerprint density at radius 1 is 1.50 bits per heavy atom. The number of carbonyl (C=O) groups is 1. The molecule has 0 fully saturated rings. The van der Waals surface area contributed by atoms with E-state index in [0.717, 1.165) is 17.3 Å². The highest BCUT2D eigenvalue weighted by Crippen LogP contribution is 2.18. The van der Waals surface area contributed by atoms with Crippen molar-refractivity contribution in [2.24, 2.45) is 5.92 Å². The summed E-state index contributed by atoms with van der Waals surface area (Å²) in [6, 6.07) is 4.70. The summed E-state index contributed by atoms with van der Waals surface area (Å²) in [4.78, 5) is 11.8. The first kappa shape index (κ1) is 13.4. The Hall–Kier alpha value is -0.700. The lowest BCUT2D eigenvalue weighted by Crippen LogP contribution is -2.14. The first-order chi connectivity index (χ1) is 7.54. The zero-order chi connectivity index (χ0) is 12.1. The number of halogens is 2. The van der Waals surface area contributed by atoms with Crippen molar-refractivity contribution in [2.75, 3.05) is 0 Å². The van der Waals surface area contributed by atoms with E-state index in [2.05, 4.69) is 15.9 Å². The predicted octanol–water partition coefficient (Wildman–Crippen LogP) is 4.14. The first-order valence-electron chi connectivity index (χ1n) is 5.51. The highest BCUT2D eigenvalue weighted by atomic mass is 79.9. The molecule has 0 spiro atoms. The molecule has 0 N–H and O–H groups in total. The van der Waals surface area contributed by atoms with Crippen LogP contribution < -0.4 is 0 Å². The second-order valence-electron chi connectivity index (χ2n) is 4.07. The van der Waals surface area contributed by atoms with Gasteiger partial charge in [-0.2, -0.15) is 0 Å². The van der Waals surface area contributed by atoms with Crippen LogP contribution in [0.2, 0.25) is 0 Å². The largest absolute Gasteiger partial charge is 0.299 e. The van der Waals surface area contributed by atoms with Gasteiger partial charge in [0.15, 0.2) is 0 Å². The van der Waals surface area contributed by atoms with E-state index in [9.17, 15) is 9.18 Å². The molecule has 88 valence electrons. The molecule has 0 radical (unpaired) electrons. The lowest BCUT2D eigenvalue weighted by Gasteiger charge is -2.09. The van der Waals surface area contributed by atoms with Gasteiger partial charge in [-0.05, 0) is 30.2 Å². The van der Waals surface area contributed by atoms with Gasteiger partial charge in [-0.3, -0.25) is 4.79 Å². The second-order valence-corrected chi connectivity index (χ2v) is 4.98. The van der Waals surface area contributed by atoms with Crippen molar-refractivity contribution in [3.05, 3.63) is 34.1 Å². The number of ketones is 1. The number of benzene rings is 1. The summed E-state index contributed by atoms with van der Waals surface area (Å²) in [5.41, 5.74) is 0.474. The molecular formula is C13H16BrFO. The smallest absolute Gasteiger partial charge is 0.140 e. The van der Waals surface area contributed by atoms with E-state index in [1.807, 2.05) is 13.8 Å². The fourth-order valence-corrected chi connectivity index (χ4v) is 2.04. The summed E-state index contributed by atoms with van der Waals surface area (Å²) < 4.78 is 14.2. The maximum Gasteiger partial charge on any atom is 0.140 e. The van der Waals surface area contributed by atoms with Crippen molar-refractivity contribution in [3.63, 3.8) is 0 Å². The Balaban J connectivity index is 2.72. The number of hydrogen-bond acceptors (Lipinski definition) is 1. The molecule has 1 nitrogen and oxygen atoms in total. The summed E-state index contributed by atoms with van der Waals surface area (Å²) in [6.07, 6.45) is 2.04. The van der Waals surface area contributed by atoms with Crippen LogP contribution in [0.25, 0.3) is 0 Å². The van der Waals surface area contributed by atoms with E-state index in [4.69, 9.17) is 0 Å². The molecule has 0 saturated carbocycles. The molecule has 1 atom stereocenters. The van der Waals surface area contributed by atoms with E-state index < -0.39 is 0 Å². The van der Waals surface area contributed by atoms with Crippen LogP contribution in [0.1, 0.15) is 32.3 Å². The Labute approximate surface area is 104 Å². The van der Waals surface area contributed by atoms with Gasteiger partial charge in [0.1, 0.15) is 11.6 Å². The Bertz CT molecular complexity index is 376. The quantitative estimate of drug-likeness (QED) is 0.795. The summed E-state index contributed by atoms with van der Waals surface area (Å²) in [5.74, 6) is -0.178. The van der Waals surface area contributed by atoms with Crippen LogP contribution in [-0.2, 0) is 11.2 Å². The molecule has 0 aliphatic rings. The lowest BCUT2D eigenvalue weighted by molar-refractivity contribution is -0.121. The Kier molecular flexibility index (Phi) is 5.13. The molecule has 1 aromatic rings. The third-order valence-corrected chi connectivity index (χ3v) is 3.14. The van der Waals surface area contributed by atoms with E-state index >= 15 is 0 Å². The van der Waals surface area contributed by atoms with Crippen molar-refractivity contribution >= 4 is 21.7 Å². The molecule has 3 heteroatoms. The van der Waals surface area contributed by atoms with Gasteiger partial charge in [-0.1, -0.05) is 36.2 Å². The fourth-order valence-electron chi connectivity index (χ4n) is 1.63. The number of carbonyl (C=O) groups excluding carboxylic acids is 1. The highest BCUT2D eigenvalue weighted by molar-refractivity contribution is 9.10. The van der Waals surface area contributed by atoms with Crippen LogP contribution >= 0.6 is 15.9 Å². The fraction of sp³-hybridized carbons (Fsp3) is 0.462. The molecule has 0 aromatic heterocycles. The number of rotatable bonds is 5. The zero-order valence-electron chi connectivity index (χ0n) is 9.59. The van der Waals surface area contributed by atoms with Gasteiger partial charge in [0.2, 0.25) is 0 Å². The predicted molar refractivity (Wildman–Crippen MR) is 66.9 cm³/mol. The molecule has 0 heterocycles. The molecule has 1 unspecified atom stereocenters. The standard InChI is InChI=1S/C13H16BrFO/c1-3-4-9(2)13(16)8-10-7-11(14)5-6-12(10)15/h5-7,9H,3-4,8H2,1-2H3. The van der Waals surface area contributed by atoms with Gasteiger partial charge in [0.25, 0.3) is 0 Å². The number of Topliss-reactive ketones (excluding diaryl/α,β-unsaturated/α-hetero) is 1. The summed E-state index contributed by atoms with van der Waals surface area (Å²) in [5, 5.41) is 0. The van der Waals surface area contributed by atoms with Crippen LogP contribution in [0.15, 0.2) is 22.7 Å². The van der Waals surface area contributed by atoms with Crippen LogP contribution in [0.3, 0.4) is 0 Å². The topological polar surface area (TPSA) is 17.1 Å².